The lowest BCUT2D eigenvalue weighted by molar-refractivity contribution is 0.320. The van der Waals surface area contributed by atoms with Crippen LogP contribution in [0, 0.1) is 13.8 Å². The molecule has 2 heterocycles. The summed E-state index contributed by atoms with van der Waals surface area (Å²) in [6.45, 7) is 6.60. The van der Waals surface area contributed by atoms with Crippen LogP contribution in [0.4, 0.5) is 5.69 Å². The average Bonchev–Trinajstić information content (AvgIpc) is 2.76. The fourth-order valence-corrected chi connectivity index (χ4v) is 3.31. The van der Waals surface area contributed by atoms with E-state index in [1.807, 2.05) is 6.07 Å². The first-order valence-corrected chi connectivity index (χ1v) is 8.04. The van der Waals surface area contributed by atoms with Crippen molar-refractivity contribution in [2.75, 3.05) is 18.1 Å². The van der Waals surface area contributed by atoms with E-state index in [4.69, 9.17) is 9.72 Å². The van der Waals surface area contributed by atoms with Crippen LogP contribution in [0.3, 0.4) is 0 Å². The maximum atomic E-state index is 5.94. The molecule has 1 aliphatic rings. The smallest absolute Gasteiger partial charge is 0.219 e. The Morgan fingerprint density at radius 1 is 1.04 bits per heavy atom. The SMILES string of the molecule is Cc1cc(C)c2nc3c(cc2c1)CN(c1ccccc1)CCO3. The first kappa shape index (κ1) is 14.1. The van der Waals surface area contributed by atoms with Crippen molar-refractivity contribution in [3.63, 3.8) is 0 Å². The highest BCUT2D eigenvalue weighted by Crippen LogP contribution is 2.29. The monoisotopic (exact) mass is 304 g/mol. The van der Waals surface area contributed by atoms with Gasteiger partial charge in [-0.05, 0) is 43.7 Å². The minimum atomic E-state index is 0.658. The Morgan fingerprint density at radius 3 is 2.70 bits per heavy atom. The van der Waals surface area contributed by atoms with Crippen molar-refractivity contribution in [3.05, 3.63) is 65.2 Å². The van der Waals surface area contributed by atoms with Gasteiger partial charge in [-0.3, -0.25) is 0 Å². The van der Waals surface area contributed by atoms with Gasteiger partial charge in [-0.2, -0.15) is 0 Å². The van der Waals surface area contributed by atoms with Crippen molar-refractivity contribution >= 4 is 16.6 Å². The molecule has 3 aromatic rings. The standard InChI is InChI=1S/C20H20N2O/c1-14-10-15(2)19-16(11-14)12-17-13-22(8-9-23-20(17)21-19)18-6-4-3-5-7-18/h3-7,10-12H,8-9,13H2,1-2H3. The normalized spacial score (nSPS) is 14.3. The maximum absolute atomic E-state index is 5.94. The molecule has 0 spiro atoms. The first-order valence-electron chi connectivity index (χ1n) is 8.04. The van der Waals surface area contributed by atoms with Crippen LogP contribution in [0.5, 0.6) is 5.88 Å². The van der Waals surface area contributed by atoms with Crippen molar-refractivity contribution < 1.29 is 4.74 Å². The van der Waals surface area contributed by atoms with E-state index >= 15 is 0 Å². The Labute approximate surface area is 136 Å². The number of hydrogen-bond acceptors (Lipinski definition) is 3. The molecule has 0 radical (unpaired) electrons. The zero-order chi connectivity index (χ0) is 15.8. The van der Waals surface area contributed by atoms with Crippen LogP contribution in [-0.4, -0.2) is 18.1 Å². The van der Waals surface area contributed by atoms with E-state index in [-0.39, 0.29) is 0 Å². The fourth-order valence-electron chi connectivity index (χ4n) is 3.31. The van der Waals surface area contributed by atoms with E-state index in [1.165, 1.54) is 22.2 Å². The summed E-state index contributed by atoms with van der Waals surface area (Å²) in [6.07, 6.45) is 0. The van der Waals surface area contributed by atoms with Gasteiger partial charge in [-0.15, -0.1) is 0 Å². The van der Waals surface area contributed by atoms with Gasteiger partial charge in [0.1, 0.15) is 6.61 Å². The van der Waals surface area contributed by atoms with E-state index < -0.39 is 0 Å². The number of anilines is 1. The molecule has 4 rings (SSSR count). The summed E-state index contributed by atoms with van der Waals surface area (Å²) in [4.78, 5) is 7.14. The van der Waals surface area contributed by atoms with Crippen molar-refractivity contribution in [1.82, 2.24) is 4.98 Å². The van der Waals surface area contributed by atoms with Gasteiger partial charge >= 0.3 is 0 Å². The molecule has 0 amide bonds. The highest BCUT2D eigenvalue weighted by molar-refractivity contribution is 5.84. The van der Waals surface area contributed by atoms with Gasteiger partial charge in [0.15, 0.2) is 0 Å². The number of hydrogen-bond donors (Lipinski definition) is 0. The zero-order valence-corrected chi connectivity index (χ0v) is 13.5. The lowest BCUT2D eigenvalue weighted by Crippen LogP contribution is -2.25. The van der Waals surface area contributed by atoms with E-state index in [9.17, 15) is 0 Å². The van der Waals surface area contributed by atoms with Crippen LogP contribution in [0.25, 0.3) is 10.9 Å². The highest BCUT2D eigenvalue weighted by atomic mass is 16.5. The molecular weight excluding hydrogens is 284 g/mol. The Balaban J connectivity index is 1.79. The Bertz CT molecular complexity index is 858. The molecule has 0 N–H and O–H groups in total. The molecule has 0 unspecified atom stereocenters. The predicted molar refractivity (Wildman–Crippen MR) is 94.2 cm³/mol. The summed E-state index contributed by atoms with van der Waals surface area (Å²) < 4.78 is 5.94. The number of benzene rings is 2. The van der Waals surface area contributed by atoms with Crippen molar-refractivity contribution in [3.8, 4) is 5.88 Å². The van der Waals surface area contributed by atoms with Crippen LogP contribution in [0.1, 0.15) is 16.7 Å². The van der Waals surface area contributed by atoms with Gasteiger partial charge in [-0.1, -0.05) is 29.8 Å². The average molecular weight is 304 g/mol. The summed E-state index contributed by atoms with van der Waals surface area (Å²) in [7, 11) is 0. The van der Waals surface area contributed by atoms with E-state index in [1.54, 1.807) is 0 Å². The van der Waals surface area contributed by atoms with E-state index in [0.717, 1.165) is 30.0 Å². The largest absolute Gasteiger partial charge is 0.476 e. The van der Waals surface area contributed by atoms with Crippen molar-refractivity contribution in [2.45, 2.75) is 20.4 Å². The Hall–Kier alpha value is -2.55. The molecule has 116 valence electrons. The number of rotatable bonds is 1. The number of nitrogens with zero attached hydrogens (tertiary/aromatic N) is 2. The predicted octanol–water partition coefficient (Wildman–Crippen LogP) is 4.25. The maximum Gasteiger partial charge on any atom is 0.219 e. The fraction of sp³-hybridized carbons (Fsp3) is 0.250. The zero-order valence-electron chi connectivity index (χ0n) is 13.5. The third kappa shape index (κ3) is 2.63. The third-order valence-electron chi connectivity index (χ3n) is 4.37. The molecule has 0 saturated carbocycles. The molecule has 3 heteroatoms. The molecule has 3 nitrogen and oxygen atoms in total. The van der Waals surface area contributed by atoms with Crippen LogP contribution in [0.15, 0.2) is 48.5 Å². The number of aromatic nitrogens is 1. The Morgan fingerprint density at radius 2 is 1.87 bits per heavy atom. The summed E-state index contributed by atoms with van der Waals surface area (Å²) in [5.74, 6) is 0.780. The second-order valence-corrected chi connectivity index (χ2v) is 6.21. The number of para-hydroxylation sites is 1. The molecule has 0 fully saturated rings. The van der Waals surface area contributed by atoms with Crippen molar-refractivity contribution in [1.29, 1.82) is 0 Å². The van der Waals surface area contributed by atoms with Crippen LogP contribution in [-0.2, 0) is 6.54 Å². The molecule has 23 heavy (non-hydrogen) atoms. The lowest BCUT2D eigenvalue weighted by Gasteiger charge is -2.21. The number of aryl methyl sites for hydroxylation is 2. The Kier molecular flexibility index (Phi) is 3.41. The summed E-state index contributed by atoms with van der Waals surface area (Å²) in [5, 5.41) is 1.19. The van der Waals surface area contributed by atoms with E-state index in [0.29, 0.717) is 6.61 Å². The van der Waals surface area contributed by atoms with Gasteiger partial charge < -0.3 is 9.64 Å². The number of pyridine rings is 1. The quantitative estimate of drug-likeness (QED) is 0.672. The molecule has 0 atom stereocenters. The minimum Gasteiger partial charge on any atom is -0.476 e. The molecule has 2 aromatic carbocycles. The second kappa shape index (κ2) is 5.58. The lowest BCUT2D eigenvalue weighted by atomic mass is 10.0. The number of fused-ring (bicyclic) bond motifs is 2. The third-order valence-corrected chi connectivity index (χ3v) is 4.37. The molecule has 1 aromatic heterocycles. The molecule has 1 aliphatic heterocycles. The van der Waals surface area contributed by atoms with Crippen LogP contribution in [0.2, 0.25) is 0 Å². The number of ether oxygens (including phenoxy) is 1. The van der Waals surface area contributed by atoms with Crippen molar-refractivity contribution in [2.24, 2.45) is 0 Å². The van der Waals surface area contributed by atoms with Crippen LogP contribution < -0.4 is 9.64 Å². The molecule has 0 saturated heterocycles. The first-order chi connectivity index (χ1) is 11.2. The summed E-state index contributed by atoms with van der Waals surface area (Å²) in [6, 6.07) is 17.1. The topological polar surface area (TPSA) is 25.4 Å². The molecule has 0 bridgehead atoms. The van der Waals surface area contributed by atoms with Gasteiger partial charge in [0, 0.05) is 23.2 Å². The van der Waals surface area contributed by atoms with Gasteiger partial charge in [0.25, 0.3) is 0 Å². The van der Waals surface area contributed by atoms with Crippen LogP contribution >= 0.6 is 0 Å². The highest BCUT2D eigenvalue weighted by Gasteiger charge is 2.18. The van der Waals surface area contributed by atoms with Gasteiger partial charge in [0.05, 0.1) is 12.1 Å². The second-order valence-electron chi connectivity index (χ2n) is 6.21. The molecule has 0 aliphatic carbocycles. The summed E-state index contributed by atoms with van der Waals surface area (Å²) in [5.41, 5.74) is 5.90. The van der Waals surface area contributed by atoms with Gasteiger partial charge in [0.2, 0.25) is 5.88 Å². The molecular formula is C20H20N2O. The van der Waals surface area contributed by atoms with E-state index in [2.05, 4.69) is 61.2 Å². The minimum absolute atomic E-state index is 0.658. The van der Waals surface area contributed by atoms with Gasteiger partial charge in [-0.25, -0.2) is 4.98 Å². The summed E-state index contributed by atoms with van der Waals surface area (Å²) >= 11 is 0.